The van der Waals surface area contributed by atoms with Crippen molar-refractivity contribution in [2.75, 3.05) is 5.75 Å². The Morgan fingerprint density at radius 3 is 2.67 bits per heavy atom. The summed E-state index contributed by atoms with van der Waals surface area (Å²) < 4.78 is 0. The van der Waals surface area contributed by atoms with Gasteiger partial charge in [-0.15, -0.1) is 11.8 Å². The molecule has 2 nitrogen and oxygen atoms in total. The van der Waals surface area contributed by atoms with Crippen molar-refractivity contribution in [2.24, 2.45) is 0 Å². The lowest BCUT2D eigenvalue weighted by Gasteiger charge is -2.33. The zero-order valence-corrected chi connectivity index (χ0v) is 9.17. The Labute approximate surface area is 82.7 Å². The average molecular weight is 203 g/mol. The molecule has 0 aliphatic carbocycles. The van der Waals surface area contributed by atoms with Crippen molar-refractivity contribution in [3.05, 3.63) is 0 Å². The van der Waals surface area contributed by atoms with Gasteiger partial charge < -0.3 is 9.69 Å². The summed E-state index contributed by atoms with van der Waals surface area (Å²) in [4.78, 5) is 13.5. The Kier molecular flexibility index (Phi) is 2.78. The van der Waals surface area contributed by atoms with Crippen molar-refractivity contribution < 1.29 is 4.79 Å². The molecule has 0 saturated carbocycles. The van der Waals surface area contributed by atoms with Gasteiger partial charge in [0.05, 0.1) is 15.9 Å². The SMILES string of the molecule is CC(=S)N1C(C=O)CSC1(C)C. The molecule has 1 rings (SSSR count). The van der Waals surface area contributed by atoms with E-state index in [4.69, 9.17) is 12.2 Å². The number of nitrogens with zero attached hydrogens (tertiary/aromatic N) is 1. The molecule has 0 N–H and O–H groups in total. The molecule has 4 heteroatoms. The summed E-state index contributed by atoms with van der Waals surface area (Å²) in [6.45, 7) is 6.06. The number of hydrogen-bond acceptors (Lipinski definition) is 3. The smallest absolute Gasteiger partial charge is 0.143 e. The van der Waals surface area contributed by atoms with Crippen LogP contribution in [-0.2, 0) is 4.79 Å². The van der Waals surface area contributed by atoms with Crippen LogP contribution in [0.1, 0.15) is 20.8 Å². The Balaban J connectivity index is 2.87. The molecule has 0 aromatic heterocycles. The third-order valence-corrected chi connectivity index (χ3v) is 3.62. The summed E-state index contributed by atoms with van der Waals surface area (Å²) in [5.41, 5.74) is 0. The van der Waals surface area contributed by atoms with Gasteiger partial charge in [-0.25, -0.2) is 0 Å². The number of thiocarbonyl (C=S) groups is 1. The van der Waals surface area contributed by atoms with E-state index in [-0.39, 0.29) is 10.9 Å². The first-order valence-electron chi connectivity index (χ1n) is 3.88. The van der Waals surface area contributed by atoms with Crippen molar-refractivity contribution >= 4 is 35.3 Å². The first-order chi connectivity index (χ1) is 5.49. The van der Waals surface area contributed by atoms with E-state index in [2.05, 4.69) is 13.8 Å². The van der Waals surface area contributed by atoms with E-state index >= 15 is 0 Å². The fraction of sp³-hybridized carbons (Fsp3) is 0.750. The highest BCUT2D eigenvalue weighted by atomic mass is 32.2. The lowest BCUT2D eigenvalue weighted by atomic mass is 10.2. The van der Waals surface area contributed by atoms with Gasteiger partial charge in [-0.05, 0) is 20.8 Å². The summed E-state index contributed by atoms with van der Waals surface area (Å²) in [7, 11) is 0. The van der Waals surface area contributed by atoms with Gasteiger partial charge in [0.15, 0.2) is 0 Å². The van der Waals surface area contributed by atoms with Crippen molar-refractivity contribution in [2.45, 2.75) is 31.7 Å². The fourth-order valence-electron chi connectivity index (χ4n) is 1.55. The van der Waals surface area contributed by atoms with Crippen molar-refractivity contribution in [1.29, 1.82) is 0 Å². The molecule has 1 fully saturated rings. The van der Waals surface area contributed by atoms with E-state index in [0.29, 0.717) is 0 Å². The molecular formula is C8H13NOS2. The minimum absolute atomic E-state index is 0.0165. The van der Waals surface area contributed by atoms with Crippen LogP contribution in [0.3, 0.4) is 0 Å². The number of rotatable bonds is 1. The Hall–Kier alpha value is -0.0900. The molecule has 1 atom stereocenters. The molecule has 12 heavy (non-hydrogen) atoms. The third-order valence-electron chi connectivity index (χ3n) is 2.02. The molecule has 1 aliphatic rings. The summed E-state index contributed by atoms with van der Waals surface area (Å²) >= 11 is 6.88. The van der Waals surface area contributed by atoms with Gasteiger partial charge in [0.25, 0.3) is 0 Å². The highest BCUT2D eigenvalue weighted by Crippen LogP contribution is 2.38. The molecule has 1 saturated heterocycles. The van der Waals surface area contributed by atoms with E-state index in [1.165, 1.54) is 0 Å². The minimum Gasteiger partial charge on any atom is -0.342 e. The summed E-state index contributed by atoms with van der Waals surface area (Å²) in [5.74, 6) is 0.852. The second-order valence-electron chi connectivity index (χ2n) is 3.35. The van der Waals surface area contributed by atoms with Crippen LogP contribution in [0, 0.1) is 0 Å². The summed E-state index contributed by atoms with van der Waals surface area (Å²) in [5, 5.41) is 0. The topological polar surface area (TPSA) is 20.3 Å². The largest absolute Gasteiger partial charge is 0.342 e. The molecule has 1 aliphatic heterocycles. The monoisotopic (exact) mass is 203 g/mol. The van der Waals surface area contributed by atoms with Crippen LogP contribution in [0.15, 0.2) is 0 Å². The Bertz CT molecular complexity index is 215. The molecule has 1 heterocycles. The van der Waals surface area contributed by atoms with Crippen LogP contribution in [-0.4, -0.2) is 32.8 Å². The van der Waals surface area contributed by atoms with Crippen molar-refractivity contribution in [1.82, 2.24) is 4.90 Å². The van der Waals surface area contributed by atoms with Gasteiger partial charge in [0.2, 0.25) is 0 Å². The normalized spacial score (nSPS) is 27.2. The zero-order chi connectivity index (χ0) is 9.35. The van der Waals surface area contributed by atoms with E-state index in [1.807, 2.05) is 11.8 Å². The molecule has 0 bridgehead atoms. The number of carbonyl (C=O) groups excluding carboxylic acids is 1. The van der Waals surface area contributed by atoms with Crippen LogP contribution < -0.4 is 0 Å². The maximum Gasteiger partial charge on any atom is 0.143 e. The van der Waals surface area contributed by atoms with Crippen LogP contribution in [0.2, 0.25) is 0 Å². The number of carbonyl (C=O) groups is 1. The maximum atomic E-state index is 10.7. The predicted octanol–water partition coefficient (Wildman–Crippen LogP) is 1.69. The zero-order valence-electron chi connectivity index (χ0n) is 7.53. The highest BCUT2D eigenvalue weighted by Gasteiger charge is 2.39. The third kappa shape index (κ3) is 1.64. The first kappa shape index (κ1) is 9.99. The number of thioether (sulfide) groups is 1. The van der Waals surface area contributed by atoms with Crippen molar-refractivity contribution in [3.8, 4) is 0 Å². The fourth-order valence-corrected chi connectivity index (χ4v) is 3.18. The summed E-state index contributed by atoms with van der Waals surface area (Å²) in [6, 6.07) is -0.0255. The second kappa shape index (κ2) is 3.34. The van der Waals surface area contributed by atoms with Crippen LogP contribution >= 0.6 is 24.0 Å². The van der Waals surface area contributed by atoms with Crippen LogP contribution in [0.25, 0.3) is 0 Å². The first-order valence-corrected chi connectivity index (χ1v) is 5.27. The predicted molar refractivity (Wildman–Crippen MR) is 56.5 cm³/mol. The molecule has 0 aromatic carbocycles. The molecule has 0 aromatic rings. The van der Waals surface area contributed by atoms with Crippen LogP contribution in [0.5, 0.6) is 0 Å². The van der Waals surface area contributed by atoms with E-state index in [1.54, 1.807) is 11.8 Å². The van der Waals surface area contributed by atoms with E-state index in [0.717, 1.165) is 17.0 Å². The Morgan fingerprint density at radius 2 is 2.33 bits per heavy atom. The molecule has 0 amide bonds. The van der Waals surface area contributed by atoms with Gasteiger partial charge in [0.1, 0.15) is 6.29 Å². The van der Waals surface area contributed by atoms with Crippen LogP contribution in [0.4, 0.5) is 0 Å². The van der Waals surface area contributed by atoms with Gasteiger partial charge in [-0.1, -0.05) is 12.2 Å². The Morgan fingerprint density at radius 1 is 1.75 bits per heavy atom. The molecule has 0 spiro atoms. The van der Waals surface area contributed by atoms with Gasteiger partial charge in [-0.2, -0.15) is 0 Å². The minimum atomic E-state index is -0.0255. The summed E-state index contributed by atoms with van der Waals surface area (Å²) in [6.07, 6.45) is 0.984. The average Bonchev–Trinajstić information content (AvgIpc) is 2.24. The van der Waals surface area contributed by atoms with E-state index in [9.17, 15) is 4.79 Å². The van der Waals surface area contributed by atoms with Gasteiger partial charge in [-0.3, -0.25) is 0 Å². The molecule has 1 unspecified atom stereocenters. The van der Waals surface area contributed by atoms with Gasteiger partial charge >= 0.3 is 0 Å². The lowest BCUT2D eigenvalue weighted by Crippen LogP contribution is -2.45. The maximum absolute atomic E-state index is 10.7. The second-order valence-corrected chi connectivity index (χ2v) is 5.56. The number of aldehydes is 1. The number of hydrogen-bond donors (Lipinski definition) is 0. The molecule has 68 valence electrons. The van der Waals surface area contributed by atoms with E-state index < -0.39 is 0 Å². The standard InChI is InChI=1S/C8H13NOS2/c1-6(11)9-7(4-10)5-12-8(9,2)3/h4,7H,5H2,1-3H3. The quantitative estimate of drug-likeness (QED) is 0.477. The molecule has 0 radical (unpaired) electrons. The highest BCUT2D eigenvalue weighted by molar-refractivity contribution is 8.01. The lowest BCUT2D eigenvalue weighted by molar-refractivity contribution is -0.110. The van der Waals surface area contributed by atoms with Gasteiger partial charge in [0, 0.05) is 5.75 Å². The van der Waals surface area contributed by atoms with Crippen molar-refractivity contribution in [3.63, 3.8) is 0 Å². The molecular weight excluding hydrogens is 190 g/mol.